The fourth-order valence-electron chi connectivity index (χ4n) is 6.60. The Kier molecular flexibility index (Phi) is 8.85. The van der Waals surface area contributed by atoms with Crippen LogP contribution in [0.25, 0.3) is 0 Å². The molecule has 1 aromatic rings. The summed E-state index contributed by atoms with van der Waals surface area (Å²) in [5.41, 5.74) is 0.531. The maximum Gasteiger partial charge on any atom is 0.200 e. The quantitative estimate of drug-likeness (QED) is 0.382. The molecule has 0 spiro atoms. The molecule has 184 valence electrons. The van der Waals surface area contributed by atoms with E-state index in [4.69, 9.17) is 9.47 Å². The lowest BCUT2D eigenvalue weighted by atomic mass is 9.71. The minimum absolute atomic E-state index is 0.0380. The van der Waals surface area contributed by atoms with Crippen LogP contribution in [-0.2, 0) is 4.74 Å². The Bertz CT molecular complexity index is 768. The van der Waals surface area contributed by atoms with E-state index >= 15 is 0 Å². The van der Waals surface area contributed by atoms with Gasteiger partial charge >= 0.3 is 0 Å². The first-order chi connectivity index (χ1) is 16.1. The van der Waals surface area contributed by atoms with Gasteiger partial charge in [-0.3, -0.25) is 0 Å². The largest absolute Gasteiger partial charge is 0.490 e. The zero-order chi connectivity index (χ0) is 23.2. The normalized spacial score (nSPS) is 33.3. The monoisotopic (exact) mass is 460 g/mol. The number of halogens is 2. The van der Waals surface area contributed by atoms with Crippen LogP contribution in [0.2, 0.25) is 0 Å². The van der Waals surface area contributed by atoms with Crippen molar-refractivity contribution in [2.45, 2.75) is 96.5 Å². The molecule has 1 saturated heterocycles. The van der Waals surface area contributed by atoms with E-state index in [-0.39, 0.29) is 11.7 Å². The van der Waals surface area contributed by atoms with E-state index in [0.29, 0.717) is 30.1 Å². The lowest BCUT2D eigenvalue weighted by Crippen LogP contribution is -2.37. The summed E-state index contributed by atoms with van der Waals surface area (Å²) in [5, 5.41) is 0. The average molecular weight is 461 g/mol. The van der Waals surface area contributed by atoms with Crippen molar-refractivity contribution in [2.24, 2.45) is 23.7 Å². The summed E-state index contributed by atoms with van der Waals surface area (Å²) in [7, 11) is 0. The molecule has 3 fully saturated rings. The molecule has 33 heavy (non-hydrogen) atoms. The average Bonchev–Trinajstić information content (AvgIpc) is 2.86. The minimum Gasteiger partial charge on any atom is -0.490 e. The number of allylic oxidation sites excluding steroid dienone is 2. The topological polar surface area (TPSA) is 18.5 Å². The lowest BCUT2D eigenvalue weighted by molar-refractivity contribution is -0.0721. The Labute approximate surface area is 199 Å². The van der Waals surface area contributed by atoms with Gasteiger partial charge in [-0.05, 0) is 119 Å². The molecule has 2 aliphatic carbocycles. The van der Waals surface area contributed by atoms with Gasteiger partial charge in [-0.15, -0.1) is 0 Å². The highest BCUT2D eigenvalue weighted by atomic mass is 19.2. The molecule has 0 aromatic heterocycles. The second-order valence-electron chi connectivity index (χ2n) is 10.7. The third-order valence-corrected chi connectivity index (χ3v) is 8.57. The Morgan fingerprint density at radius 3 is 2.21 bits per heavy atom. The molecular formula is C29H42F2O2. The number of hydrogen-bond donors (Lipinski definition) is 0. The van der Waals surface area contributed by atoms with Gasteiger partial charge in [0, 0.05) is 0 Å². The van der Waals surface area contributed by atoms with Gasteiger partial charge in [0.15, 0.2) is 11.6 Å². The predicted octanol–water partition coefficient (Wildman–Crippen LogP) is 8.21. The zero-order valence-electron chi connectivity index (χ0n) is 20.5. The third-order valence-electron chi connectivity index (χ3n) is 8.57. The standard InChI is InChI=1S/C29H42F2O2/c1-3-5-20-6-8-23(9-7-20)26-16-14-24(19-33-26)21-10-12-22(13-11-21)25-15-17-27(32-18-4-2)29(31)28(25)30/h3,5,15,17,20-24,26H,4,6-14,16,18-19H2,1-2H3. The van der Waals surface area contributed by atoms with Crippen molar-refractivity contribution < 1.29 is 18.3 Å². The molecule has 2 saturated carbocycles. The number of hydrogen-bond acceptors (Lipinski definition) is 2. The van der Waals surface area contributed by atoms with Gasteiger partial charge in [0.2, 0.25) is 5.82 Å². The summed E-state index contributed by atoms with van der Waals surface area (Å²) in [6.45, 7) is 5.37. The van der Waals surface area contributed by atoms with Crippen molar-refractivity contribution in [3.63, 3.8) is 0 Å². The maximum atomic E-state index is 14.7. The van der Waals surface area contributed by atoms with Gasteiger partial charge in [-0.1, -0.05) is 25.1 Å². The van der Waals surface area contributed by atoms with Gasteiger partial charge in [0.25, 0.3) is 0 Å². The highest BCUT2D eigenvalue weighted by Crippen LogP contribution is 2.44. The SMILES string of the molecule is CC=CC1CCC(C2CCC(C3CCC(c4ccc(OCCC)c(F)c4F)CC3)CO2)CC1. The molecule has 3 aliphatic rings. The third kappa shape index (κ3) is 5.99. The van der Waals surface area contributed by atoms with Crippen molar-refractivity contribution in [3.8, 4) is 5.75 Å². The summed E-state index contributed by atoms with van der Waals surface area (Å²) in [6.07, 6.45) is 17.5. The summed E-state index contributed by atoms with van der Waals surface area (Å²) < 4.78 is 40.9. The first kappa shape index (κ1) is 24.7. The number of ether oxygens (including phenoxy) is 2. The Morgan fingerprint density at radius 1 is 0.879 bits per heavy atom. The van der Waals surface area contributed by atoms with Crippen LogP contribution in [0.1, 0.15) is 96.0 Å². The van der Waals surface area contributed by atoms with Crippen LogP contribution in [0.15, 0.2) is 24.3 Å². The van der Waals surface area contributed by atoms with Gasteiger partial charge < -0.3 is 9.47 Å². The molecule has 4 heteroatoms. The van der Waals surface area contributed by atoms with Crippen molar-refractivity contribution in [1.82, 2.24) is 0 Å². The molecule has 0 amide bonds. The first-order valence-electron chi connectivity index (χ1n) is 13.5. The number of rotatable bonds is 7. The summed E-state index contributed by atoms with van der Waals surface area (Å²) >= 11 is 0. The van der Waals surface area contributed by atoms with Crippen molar-refractivity contribution >= 4 is 0 Å². The fraction of sp³-hybridized carbons (Fsp3) is 0.724. The van der Waals surface area contributed by atoms with Crippen LogP contribution >= 0.6 is 0 Å². The molecule has 0 radical (unpaired) electrons. The predicted molar refractivity (Wildman–Crippen MR) is 130 cm³/mol. The molecule has 4 rings (SSSR count). The second-order valence-corrected chi connectivity index (χ2v) is 10.7. The van der Waals surface area contributed by atoms with Gasteiger partial charge in [0.1, 0.15) is 0 Å². The van der Waals surface area contributed by atoms with Gasteiger partial charge in [-0.2, -0.15) is 4.39 Å². The molecule has 2 nitrogen and oxygen atoms in total. The molecule has 2 unspecified atom stereocenters. The van der Waals surface area contributed by atoms with Gasteiger partial charge in [0.05, 0.1) is 19.3 Å². The second kappa shape index (κ2) is 11.8. The molecular weight excluding hydrogens is 418 g/mol. The minimum atomic E-state index is -0.824. The van der Waals surface area contributed by atoms with E-state index in [1.54, 1.807) is 12.1 Å². The summed E-state index contributed by atoms with van der Waals surface area (Å²) in [5.74, 6) is 1.42. The zero-order valence-corrected chi connectivity index (χ0v) is 20.5. The van der Waals surface area contributed by atoms with E-state index in [1.807, 2.05) is 6.92 Å². The van der Waals surface area contributed by atoms with Crippen LogP contribution < -0.4 is 4.74 Å². The Balaban J connectivity index is 1.24. The van der Waals surface area contributed by atoms with E-state index < -0.39 is 11.6 Å². The maximum absolute atomic E-state index is 14.7. The Hall–Kier alpha value is -1.42. The van der Waals surface area contributed by atoms with E-state index in [2.05, 4.69) is 19.1 Å². The fourth-order valence-corrected chi connectivity index (χ4v) is 6.60. The van der Waals surface area contributed by atoms with Crippen LogP contribution in [0.5, 0.6) is 5.75 Å². The molecule has 1 heterocycles. The summed E-state index contributed by atoms with van der Waals surface area (Å²) in [4.78, 5) is 0. The molecule has 0 bridgehead atoms. The first-order valence-corrected chi connectivity index (χ1v) is 13.5. The highest BCUT2D eigenvalue weighted by Gasteiger charge is 2.36. The van der Waals surface area contributed by atoms with E-state index in [0.717, 1.165) is 50.5 Å². The van der Waals surface area contributed by atoms with Crippen LogP contribution in [0, 0.1) is 35.3 Å². The van der Waals surface area contributed by atoms with Crippen molar-refractivity contribution in [1.29, 1.82) is 0 Å². The van der Waals surface area contributed by atoms with Crippen LogP contribution in [-0.4, -0.2) is 19.3 Å². The van der Waals surface area contributed by atoms with Crippen molar-refractivity contribution in [3.05, 3.63) is 41.5 Å². The van der Waals surface area contributed by atoms with Gasteiger partial charge in [-0.25, -0.2) is 4.39 Å². The highest BCUT2D eigenvalue weighted by molar-refractivity contribution is 5.33. The molecule has 1 aromatic carbocycles. The van der Waals surface area contributed by atoms with E-state index in [1.165, 1.54) is 38.5 Å². The summed E-state index contributed by atoms with van der Waals surface area (Å²) in [6, 6.07) is 3.35. The molecule has 0 N–H and O–H groups in total. The molecule has 1 aliphatic heterocycles. The number of benzene rings is 1. The smallest absolute Gasteiger partial charge is 0.200 e. The van der Waals surface area contributed by atoms with E-state index in [9.17, 15) is 8.78 Å². The molecule has 2 atom stereocenters. The van der Waals surface area contributed by atoms with Crippen LogP contribution in [0.3, 0.4) is 0 Å². The lowest BCUT2D eigenvalue weighted by Gasteiger charge is -2.41. The van der Waals surface area contributed by atoms with Crippen LogP contribution in [0.4, 0.5) is 8.78 Å². The Morgan fingerprint density at radius 2 is 1.58 bits per heavy atom. The van der Waals surface area contributed by atoms with Crippen molar-refractivity contribution in [2.75, 3.05) is 13.2 Å².